The summed E-state index contributed by atoms with van der Waals surface area (Å²) in [6.07, 6.45) is 0. The van der Waals surface area contributed by atoms with Gasteiger partial charge in [-0.25, -0.2) is 15.0 Å². The Labute approximate surface area is 284 Å². The van der Waals surface area contributed by atoms with E-state index in [2.05, 4.69) is 150 Å². The standard InChI is InChI=1S/C45H30N4/c1-4-12-31(13-5-1)33-20-22-35(23-21-33)44-46-43(34-16-8-3-9-17-34)47-45(48-44)36-24-27-38(28-25-36)49-41-19-11-10-18-39(41)40-29-26-37(30-42(40)49)32-14-6-2-7-15-32/h1-30H. The Bertz CT molecular complexity index is 2560. The molecule has 2 heterocycles. The van der Waals surface area contributed by atoms with Crippen LogP contribution in [-0.4, -0.2) is 19.5 Å². The molecule has 49 heavy (non-hydrogen) atoms. The summed E-state index contributed by atoms with van der Waals surface area (Å²) in [5, 5.41) is 2.46. The average Bonchev–Trinajstić information content (AvgIpc) is 3.52. The van der Waals surface area contributed by atoms with Gasteiger partial charge in [-0.05, 0) is 58.7 Å². The average molecular weight is 627 g/mol. The third kappa shape index (κ3) is 5.35. The van der Waals surface area contributed by atoms with Gasteiger partial charge in [0.25, 0.3) is 0 Å². The molecule has 0 N–H and O–H groups in total. The molecule has 0 unspecified atom stereocenters. The van der Waals surface area contributed by atoms with Gasteiger partial charge in [-0.15, -0.1) is 0 Å². The molecular weight excluding hydrogens is 597 g/mol. The first-order valence-electron chi connectivity index (χ1n) is 16.5. The fraction of sp³-hybridized carbons (Fsp3) is 0. The summed E-state index contributed by atoms with van der Waals surface area (Å²) in [7, 11) is 0. The molecule has 9 rings (SSSR count). The highest BCUT2D eigenvalue weighted by molar-refractivity contribution is 6.10. The van der Waals surface area contributed by atoms with Gasteiger partial charge < -0.3 is 4.57 Å². The van der Waals surface area contributed by atoms with Crippen molar-refractivity contribution in [1.29, 1.82) is 0 Å². The van der Waals surface area contributed by atoms with Crippen LogP contribution in [0.1, 0.15) is 0 Å². The number of hydrogen-bond donors (Lipinski definition) is 0. The van der Waals surface area contributed by atoms with E-state index in [1.807, 2.05) is 36.4 Å². The number of fused-ring (bicyclic) bond motifs is 3. The normalized spacial score (nSPS) is 11.3. The predicted octanol–water partition coefficient (Wildman–Crippen LogP) is 11.3. The van der Waals surface area contributed by atoms with Crippen molar-refractivity contribution in [3.8, 4) is 62.1 Å². The molecule has 0 radical (unpaired) electrons. The lowest BCUT2D eigenvalue weighted by atomic mass is 10.0. The Hall–Kier alpha value is -6.65. The van der Waals surface area contributed by atoms with Gasteiger partial charge in [0, 0.05) is 33.2 Å². The third-order valence-electron chi connectivity index (χ3n) is 9.08. The lowest BCUT2D eigenvalue weighted by Crippen LogP contribution is -2.00. The van der Waals surface area contributed by atoms with Crippen LogP contribution in [0.15, 0.2) is 182 Å². The van der Waals surface area contributed by atoms with E-state index in [1.165, 1.54) is 38.5 Å². The highest BCUT2D eigenvalue weighted by Gasteiger charge is 2.16. The van der Waals surface area contributed by atoms with Crippen molar-refractivity contribution in [1.82, 2.24) is 19.5 Å². The highest BCUT2D eigenvalue weighted by Crippen LogP contribution is 2.35. The summed E-state index contributed by atoms with van der Waals surface area (Å²) in [6.45, 7) is 0. The molecule has 0 aliphatic rings. The lowest BCUT2D eigenvalue weighted by molar-refractivity contribution is 1.07. The van der Waals surface area contributed by atoms with E-state index >= 15 is 0 Å². The van der Waals surface area contributed by atoms with Gasteiger partial charge in [-0.1, -0.05) is 146 Å². The number of aromatic nitrogens is 4. The molecule has 0 saturated carbocycles. The Morgan fingerprint density at radius 3 is 1.27 bits per heavy atom. The molecule has 0 saturated heterocycles. The van der Waals surface area contributed by atoms with Crippen LogP contribution < -0.4 is 0 Å². The van der Waals surface area contributed by atoms with Crippen LogP contribution in [0.2, 0.25) is 0 Å². The van der Waals surface area contributed by atoms with Crippen molar-refractivity contribution < 1.29 is 0 Å². The molecule has 0 aliphatic heterocycles. The van der Waals surface area contributed by atoms with Gasteiger partial charge in [0.2, 0.25) is 0 Å². The van der Waals surface area contributed by atoms with Crippen LogP contribution >= 0.6 is 0 Å². The van der Waals surface area contributed by atoms with E-state index in [-0.39, 0.29) is 0 Å². The maximum atomic E-state index is 5.01. The SMILES string of the molecule is c1ccc(-c2ccc(-c3nc(-c4ccccc4)nc(-c4ccc(-n5c6ccccc6c6ccc(-c7ccccc7)cc65)cc4)n3)cc2)cc1. The van der Waals surface area contributed by atoms with E-state index in [9.17, 15) is 0 Å². The highest BCUT2D eigenvalue weighted by atomic mass is 15.0. The summed E-state index contributed by atoms with van der Waals surface area (Å²) in [5.74, 6) is 1.92. The molecule has 4 nitrogen and oxygen atoms in total. The van der Waals surface area contributed by atoms with Crippen LogP contribution in [0.5, 0.6) is 0 Å². The smallest absolute Gasteiger partial charge is 0.164 e. The van der Waals surface area contributed by atoms with Crippen LogP contribution in [0.25, 0.3) is 83.9 Å². The summed E-state index contributed by atoms with van der Waals surface area (Å²) in [5.41, 5.74) is 11.0. The Balaban J connectivity index is 1.14. The van der Waals surface area contributed by atoms with Crippen molar-refractivity contribution in [3.05, 3.63) is 182 Å². The van der Waals surface area contributed by atoms with Gasteiger partial charge in [0.15, 0.2) is 17.5 Å². The van der Waals surface area contributed by atoms with Gasteiger partial charge in [-0.2, -0.15) is 0 Å². The first-order valence-corrected chi connectivity index (χ1v) is 16.5. The molecule has 0 fully saturated rings. The fourth-order valence-electron chi connectivity index (χ4n) is 6.61. The summed E-state index contributed by atoms with van der Waals surface area (Å²) in [6, 6.07) is 63.4. The number of nitrogens with zero attached hydrogens (tertiary/aromatic N) is 4. The first-order chi connectivity index (χ1) is 24.3. The van der Waals surface area contributed by atoms with E-state index in [0.717, 1.165) is 27.9 Å². The molecular formula is C45H30N4. The minimum absolute atomic E-state index is 0.635. The van der Waals surface area contributed by atoms with Crippen LogP contribution in [-0.2, 0) is 0 Å². The third-order valence-corrected chi connectivity index (χ3v) is 9.08. The lowest BCUT2D eigenvalue weighted by Gasteiger charge is -2.11. The Kier molecular flexibility index (Phi) is 7.10. The van der Waals surface area contributed by atoms with Crippen LogP contribution in [0.3, 0.4) is 0 Å². The molecule has 7 aromatic carbocycles. The molecule has 9 aromatic rings. The van der Waals surface area contributed by atoms with Crippen molar-refractivity contribution in [3.63, 3.8) is 0 Å². The minimum atomic E-state index is 0.635. The maximum Gasteiger partial charge on any atom is 0.164 e. The first kappa shape index (κ1) is 28.6. The van der Waals surface area contributed by atoms with Crippen LogP contribution in [0.4, 0.5) is 0 Å². The summed E-state index contributed by atoms with van der Waals surface area (Å²) in [4.78, 5) is 14.9. The quantitative estimate of drug-likeness (QED) is 0.184. The van der Waals surface area contributed by atoms with Crippen molar-refractivity contribution in [2.45, 2.75) is 0 Å². The van der Waals surface area contributed by atoms with Crippen molar-refractivity contribution in [2.75, 3.05) is 0 Å². The summed E-state index contributed by atoms with van der Waals surface area (Å²) < 4.78 is 2.35. The Morgan fingerprint density at radius 2 is 0.673 bits per heavy atom. The molecule has 0 atom stereocenters. The van der Waals surface area contributed by atoms with Gasteiger partial charge in [-0.3, -0.25) is 0 Å². The van der Waals surface area contributed by atoms with E-state index in [4.69, 9.17) is 15.0 Å². The zero-order valence-electron chi connectivity index (χ0n) is 26.6. The molecule has 0 aliphatic carbocycles. The van der Waals surface area contributed by atoms with E-state index in [0.29, 0.717) is 17.5 Å². The molecule has 230 valence electrons. The second-order valence-corrected chi connectivity index (χ2v) is 12.1. The molecule has 4 heteroatoms. The van der Waals surface area contributed by atoms with Crippen molar-refractivity contribution in [2.24, 2.45) is 0 Å². The second-order valence-electron chi connectivity index (χ2n) is 12.1. The van der Waals surface area contributed by atoms with Crippen LogP contribution in [0, 0.1) is 0 Å². The van der Waals surface area contributed by atoms with Gasteiger partial charge >= 0.3 is 0 Å². The number of rotatable bonds is 6. The zero-order valence-corrected chi connectivity index (χ0v) is 26.6. The summed E-state index contributed by atoms with van der Waals surface area (Å²) >= 11 is 0. The van der Waals surface area contributed by atoms with Crippen molar-refractivity contribution >= 4 is 21.8 Å². The molecule has 2 aromatic heterocycles. The number of hydrogen-bond acceptors (Lipinski definition) is 3. The second kappa shape index (κ2) is 12.2. The molecule has 0 amide bonds. The monoisotopic (exact) mass is 626 g/mol. The maximum absolute atomic E-state index is 5.01. The predicted molar refractivity (Wildman–Crippen MR) is 201 cm³/mol. The zero-order chi connectivity index (χ0) is 32.6. The number of benzene rings is 7. The van der Waals surface area contributed by atoms with E-state index in [1.54, 1.807) is 0 Å². The fourth-order valence-corrected chi connectivity index (χ4v) is 6.61. The largest absolute Gasteiger partial charge is 0.309 e. The Morgan fingerprint density at radius 1 is 0.286 bits per heavy atom. The number of para-hydroxylation sites is 1. The molecule has 0 spiro atoms. The molecule has 0 bridgehead atoms. The minimum Gasteiger partial charge on any atom is -0.309 e. The van der Waals surface area contributed by atoms with Gasteiger partial charge in [0.1, 0.15) is 0 Å². The van der Waals surface area contributed by atoms with Gasteiger partial charge in [0.05, 0.1) is 11.0 Å². The topological polar surface area (TPSA) is 43.6 Å². The van der Waals surface area contributed by atoms with E-state index < -0.39 is 0 Å².